The quantitative estimate of drug-likeness (QED) is 0.657. The van der Waals surface area contributed by atoms with Crippen molar-refractivity contribution in [3.05, 3.63) is 29.5 Å². The van der Waals surface area contributed by atoms with Gasteiger partial charge in [-0.15, -0.1) is 0 Å². The van der Waals surface area contributed by atoms with E-state index in [2.05, 4.69) is 26.1 Å². The largest absolute Gasteiger partial charge is 0.481 e. The Balaban J connectivity index is 2.15. The zero-order valence-electron chi connectivity index (χ0n) is 14.8. The summed E-state index contributed by atoms with van der Waals surface area (Å²) in [4.78, 5) is 12.2. The fourth-order valence-corrected chi connectivity index (χ4v) is 3.26. The Kier molecular flexibility index (Phi) is 5.45. The van der Waals surface area contributed by atoms with Crippen LogP contribution in [-0.4, -0.2) is 45.2 Å². The van der Waals surface area contributed by atoms with E-state index in [1.807, 2.05) is 6.92 Å². The van der Waals surface area contributed by atoms with Gasteiger partial charge in [0.2, 0.25) is 11.8 Å². The van der Waals surface area contributed by atoms with Crippen molar-refractivity contribution in [3.8, 4) is 5.88 Å². The van der Waals surface area contributed by atoms with Crippen LogP contribution in [0.1, 0.15) is 31.0 Å². The standard InChI is InChI=1S/C17H18BrF3N4O2/c1-10-8-14(26)24(7-3-6-18)23-16(10)11-4-5-15(27-2)25-12(11)9-13(22-25)17(19,20)21/h4-5,9-10H,3,6-8H2,1-2H3. The summed E-state index contributed by atoms with van der Waals surface area (Å²) < 4.78 is 45.7. The highest BCUT2D eigenvalue weighted by Crippen LogP contribution is 2.33. The smallest absolute Gasteiger partial charge is 0.435 e. The zero-order valence-corrected chi connectivity index (χ0v) is 16.3. The van der Waals surface area contributed by atoms with Gasteiger partial charge < -0.3 is 4.74 Å². The van der Waals surface area contributed by atoms with Crippen LogP contribution in [0.15, 0.2) is 23.3 Å². The number of hydrazone groups is 1. The van der Waals surface area contributed by atoms with E-state index >= 15 is 0 Å². The van der Waals surface area contributed by atoms with E-state index in [0.717, 1.165) is 22.3 Å². The number of amides is 1. The number of nitrogens with zero attached hydrogens (tertiary/aromatic N) is 4. The van der Waals surface area contributed by atoms with Gasteiger partial charge in [0, 0.05) is 35.8 Å². The molecule has 3 rings (SSSR count). The van der Waals surface area contributed by atoms with E-state index in [4.69, 9.17) is 4.74 Å². The molecule has 146 valence electrons. The molecule has 0 radical (unpaired) electrons. The summed E-state index contributed by atoms with van der Waals surface area (Å²) in [6.07, 6.45) is -3.61. The average molecular weight is 447 g/mol. The minimum Gasteiger partial charge on any atom is -0.481 e. The number of ether oxygens (including phenoxy) is 1. The number of hydrogen-bond donors (Lipinski definition) is 0. The first-order chi connectivity index (χ1) is 12.8. The van der Waals surface area contributed by atoms with Crippen molar-refractivity contribution < 1.29 is 22.7 Å². The minimum absolute atomic E-state index is 0.0961. The summed E-state index contributed by atoms with van der Waals surface area (Å²) in [6, 6.07) is 4.18. The highest BCUT2D eigenvalue weighted by molar-refractivity contribution is 9.09. The van der Waals surface area contributed by atoms with E-state index in [9.17, 15) is 18.0 Å². The SMILES string of the molecule is COc1ccc(C2=NN(CCCBr)C(=O)CC2C)c2cc(C(F)(F)F)nn12. The Bertz CT molecular complexity index is 894. The van der Waals surface area contributed by atoms with Gasteiger partial charge in [-0.1, -0.05) is 22.9 Å². The van der Waals surface area contributed by atoms with E-state index in [1.54, 1.807) is 12.1 Å². The fourth-order valence-electron chi connectivity index (χ4n) is 3.01. The van der Waals surface area contributed by atoms with Gasteiger partial charge in [-0.05, 0) is 18.6 Å². The molecule has 1 amide bonds. The summed E-state index contributed by atoms with van der Waals surface area (Å²) >= 11 is 3.32. The molecule has 0 aromatic carbocycles. The predicted octanol–water partition coefficient (Wildman–Crippen LogP) is 3.72. The highest BCUT2D eigenvalue weighted by Gasteiger charge is 2.36. The van der Waals surface area contributed by atoms with E-state index < -0.39 is 11.9 Å². The lowest BCUT2D eigenvalue weighted by atomic mass is 9.93. The summed E-state index contributed by atoms with van der Waals surface area (Å²) in [5.74, 6) is -0.138. The Morgan fingerprint density at radius 1 is 1.37 bits per heavy atom. The average Bonchev–Trinajstić information content (AvgIpc) is 3.06. The number of carbonyl (C=O) groups is 1. The van der Waals surface area contributed by atoms with Crippen LogP contribution in [0.3, 0.4) is 0 Å². The van der Waals surface area contributed by atoms with Gasteiger partial charge in [0.1, 0.15) is 0 Å². The Morgan fingerprint density at radius 2 is 2.11 bits per heavy atom. The molecule has 10 heteroatoms. The number of fused-ring (bicyclic) bond motifs is 1. The zero-order chi connectivity index (χ0) is 19.8. The topological polar surface area (TPSA) is 59.2 Å². The Hall–Kier alpha value is -2.10. The number of halogens is 4. The maximum Gasteiger partial charge on any atom is 0.435 e. The number of rotatable bonds is 5. The number of carbonyl (C=O) groups excluding carboxylic acids is 1. The van der Waals surface area contributed by atoms with Crippen LogP contribution in [0.25, 0.3) is 5.52 Å². The number of aromatic nitrogens is 2. The number of hydrogen-bond acceptors (Lipinski definition) is 4. The second-order valence-corrected chi connectivity index (χ2v) is 7.06. The lowest BCUT2D eigenvalue weighted by Gasteiger charge is -2.28. The van der Waals surface area contributed by atoms with Crippen LogP contribution in [0.4, 0.5) is 13.2 Å². The minimum atomic E-state index is -4.58. The third-order valence-electron chi connectivity index (χ3n) is 4.33. The van der Waals surface area contributed by atoms with Crippen molar-refractivity contribution >= 4 is 33.1 Å². The van der Waals surface area contributed by atoms with Crippen LogP contribution in [0.2, 0.25) is 0 Å². The third kappa shape index (κ3) is 3.80. The van der Waals surface area contributed by atoms with E-state index in [1.165, 1.54) is 12.1 Å². The molecule has 1 atom stereocenters. The first kappa shape index (κ1) is 19.7. The summed E-state index contributed by atoms with van der Waals surface area (Å²) in [6.45, 7) is 2.28. The second kappa shape index (κ2) is 7.49. The number of pyridine rings is 1. The van der Waals surface area contributed by atoms with Gasteiger partial charge >= 0.3 is 6.18 Å². The van der Waals surface area contributed by atoms with Crippen LogP contribution >= 0.6 is 15.9 Å². The Labute approximate surface area is 162 Å². The van der Waals surface area contributed by atoms with Gasteiger partial charge in [-0.25, -0.2) is 5.01 Å². The molecule has 2 aromatic rings. The first-order valence-electron chi connectivity index (χ1n) is 8.35. The van der Waals surface area contributed by atoms with Gasteiger partial charge in [0.15, 0.2) is 5.69 Å². The molecule has 1 aliphatic rings. The molecule has 0 saturated carbocycles. The van der Waals surface area contributed by atoms with Gasteiger partial charge in [0.25, 0.3) is 0 Å². The molecular weight excluding hydrogens is 429 g/mol. The molecule has 0 spiro atoms. The molecule has 1 aliphatic heterocycles. The van der Waals surface area contributed by atoms with Crippen molar-refractivity contribution in [1.29, 1.82) is 0 Å². The highest BCUT2D eigenvalue weighted by atomic mass is 79.9. The number of methoxy groups -OCH3 is 1. The maximum atomic E-state index is 13.2. The van der Waals surface area contributed by atoms with Gasteiger partial charge in [-0.2, -0.15) is 27.9 Å². The third-order valence-corrected chi connectivity index (χ3v) is 4.89. The van der Waals surface area contributed by atoms with E-state index in [0.29, 0.717) is 17.8 Å². The molecule has 0 aliphatic carbocycles. The predicted molar refractivity (Wildman–Crippen MR) is 97.2 cm³/mol. The van der Waals surface area contributed by atoms with Crippen molar-refractivity contribution in [3.63, 3.8) is 0 Å². The molecule has 2 aromatic heterocycles. The molecule has 0 saturated heterocycles. The van der Waals surface area contributed by atoms with E-state index in [-0.39, 0.29) is 29.6 Å². The monoisotopic (exact) mass is 446 g/mol. The summed E-state index contributed by atoms with van der Waals surface area (Å²) in [7, 11) is 1.37. The van der Waals surface area contributed by atoms with Crippen molar-refractivity contribution in [2.45, 2.75) is 25.9 Å². The molecule has 1 unspecified atom stereocenters. The molecule has 0 bridgehead atoms. The lowest BCUT2D eigenvalue weighted by molar-refractivity contribution is -0.141. The molecule has 6 nitrogen and oxygen atoms in total. The van der Waals surface area contributed by atoms with Crippen LogP contribution in [0.5, 0.6) is 5.88 Å². The number of alkyl halides is 4. The molecule has 0 fully saturated rings. The second-order valence-electron chi connectivity index (χ2n) is 6.26. The first-order valence-corrected chi connectivity index (χ1v) is 9.47. The molecular formula is C17H18BrF3N4O2. The van der Waals surface area contributed by atoms with Crippen molar-refractivity contribution in [1.82, 2.24) is 14.6 Å². The fraction of sp³-hybridized carbons (Fsp3) is 0.471. The van der Waals surface area contributed by atoms with Crippen molar-refractivity contribution in [2.24, 2.45) is 11.0 Å². The van der Waals surface area contributed by atoms with Gasteiger partial charge in [0.05, 0.1) is 18.3 Å². The summed E-state index contributed by atoms with van der Waals surface area (Å²) in [5, 5.41) is 10.2. The van der Waals surface area contributed by atoms with Gasteiger partial charge in [-0.3, -0.25) is 4.79 Å². The lowest BCUT2D eigenvalue weighted by Crippen LogP contribution is -2.37. The molecule has 3 heterocycles. The Morgan fingerprint density at radius 3 is 2.74 bits per heavy atom. The van der Waals surface area contributed by atoms with Crippen LogP contribution in [-0.2, 0) is 11.0 Å². The normalized spacial score (nSPS) is 18.1. The molecule has 27 heavy (non-hydrogen) atoms. The maximum absolute atomic E-state index is 13.2. The van der Waals surface area contributed by atoms with Crippen molar-refractivity contribution in [2.75, 3.05) is 19.0 Å². The molecule has 0 N–H and O–H groups in total. The van der Waals surface area contributed by atoms with Crippen LogP contribution < -0.4 is 4.74 Å². The van der Waals surface area contributed by atoms with Crippen LogP contribution in [0, 0.1) is 5.92 Å². The summed E-state index contributed by atoms with van der Waals surface area (Å²) in [5.41, 5.74) is 0.291.